The van der Waals surface area contributed by atoms with Crippen LogP contribution in [0.15, 0.2) is 24.3 Å². The molecule has 3 rings (SSSR count). The fourth-order valence-corrected chi connectivity index (χ4v) is 2.83. The van der Waals surface area contributed by atoms with Crippen LogP contribution in [-0.2, 0) is 23.8 Å². The number of benzene rings is 1. The number of aromatic nitrogens is 2. The van der Waals surface area contributed by atoms with Gasteiger partial charge in [-0.15, -0.1) is 0 Å². The molecule has 0 fully saturated rings. The lowest BCUT2D eigenvalue weighted by atomic mass is 9.89. The van der Waals surface area contributed by atoms with Gasteiger partial charge in [-0.2, -0.15) is 13.2 Å². The summed E-state index contributed by atoms with van der Waals surface area (Å²) in [6.45, 7) is 1.87. The van der Waals surface area contributed by atoms with Gasteiger partial charge in [0.1, 0.15) is 5.82 Å². The van der Waals surface area contributed by atoms with E-state index in [2.05, 4.69) is 15.3 Å². The summed E-state index contributed by atoms with van der Waals surface area (Å²) in [6, 6.07) is 4.48. The number of amides is 1. The van der Waals surface area contributed by atoms with Gasteiger partial charge in [-0.05, 0) is 44.0 Å². The Morgan fingerprint density at radius 1 is 1.30 bits per heavy atom. The number of aromatic amines is 1. The van der Waals surface area contributed by atoms with Crippen LogP contribution in [0.5, 0.6) is 0 Å². The van der Waals surface area contributed by atoms with E-state index in [1.54, 1.807) is 0 Å². The molecule has 1 aromatic heterocycles. The predicted octanol–water partition coefficient (Wildman–Crippen LogP) is 3.48. The summed E-state index contributed by atoms with van der Waals surface area (Å²) in [5.41, 5.74) is 1.61. The summed E-state index contributed by atoms with van der Waals surface area (Å²) in [4.78, 5) is 19.8. The average Bonchev–Trinajstić information content (AvgIpc) is 2.85. The number of fused-ring (bicyclic) bond motifs is 1. The molecular formula is C16H16F3N3O. The summed E-state index contributed by atoms with van der Waals surface area (Å²) in [5, 5.41) is 2.69. The molecule has 23 heavy (non-hydrogen) atoms. The minimum absolute atomic E-state index is 0.178. The molecule has 1 unspecified atom stereocenters. The first-order valence-electron chi connectivity index (χ1n) is 7.35. The molecule has 122 valence electrons. The molecule has 1 aliphatic carbocycles. The highest BCUT2D eigenvalue weighted by molar-refractivity contribution is 5.92. The minimum atomic E-state index is -4.37. The largest absolute Gasteiger partial charge is 0.416 e. The summed E-state index contributed by atoms with van der Waals surface area (Å²) >= 11 is 0. The molecule has 0 saturated carbocycles. The summed E-state index contributed by atoms with van der Waals surface area (Å²) in [6.07, 6.45) is -2.39. The normalized spacial score (nSPS) is 17.7. The van der Waals surface area contributed by atoms with Gasteiger partial charge in [-0.25, -0.2) is 4.98 Å². The highest BCUT2D eigenvalue weighted by atomic mass is 19.4. The first kappa shape index (κ1) is 15.6. The number of nitrogens with zero attached hydrogens (tertiary/aromatic N) is 1. The van der Waals surface area contributed by atoms with Crippen LogP contribution < -0.4 is 5.32 Å². The number of aryl methyl sites for hydroxylation is 2. The average molecular weight is 323 g/mol. The second-order valence-electron chi connectivity index (χ2n) is 5.75. The van der Waals surface area contributed by atoms with Crippen LogP contribution in [0.4, 0.5) is 18.9 Å². The van der Waals surface area contributed by atoms with Gasteiger partial charge in [0, 0.05) is 23.7 Å². The SMILES string of the molecule is Cc1nc2c([nH]1)CC(C(=O)Nc1ccc(C(F)(F)F)cc1)CC2. The molecule has 1 aromatic carbocycles. The zero-order chi connectivity index (χ0) is 16.6. The lowest BCUT2D eigenvalue weighted by molar-refractivity contribution is -0.137. The molecule has 4 nitrogen and oxygen atoms in total. The van der Waals surface area contributed by atoms with Crippen molar-refractivity contribution in [2.24, 2.45) is 5.92 Å². The molecule has 0 radical (unpaired) electrons. The molecule has 0 spiro atoms. The number of alkyl halides is 3. The number of nitrogens with one attached hydrogen (secondary N) is 2. The third-order valence-electron chi connectivity index (χ3n) is 4.01. The fourth-order valence-electron chi connectivity index (χ4n) is 2.83. The number of carbonyl (C=O) groups excluding carboxylic acids is 1. The number of H-pyrrole nitrogens is 1. The quantitative estimate of drug-likeness (QED) is 0.889. The Labute approximate surface area is 131 Å². The molecule has 2 aromatic rings. The Bertz CT molecular complexity index is 719. The predicted molar refractivity (Wildman–Crippen MR) is 78.9 cm³/mol. The third-order valence-corrected chi connectivity index (χ3v) is 4.01. The first-order chi connectivity index (χ1) is 10.8. The number of halogens is 3. The lowest BCUT2D eigenvalue weighted by Gasteiger charge is -2.20. The Morgan fingerprint density at radius 3 is 2.65 bits per heavy atom. The van der Waals surface area contributed by atoms with Crippen molar-refractivity contribution in [2.75, 3.05) is 5.32 Å². The van der Waals surface area contributed by atoms with Crippen molar-refractivity contribution in [1.82, 2.24) is 9.97 Å². The van der Waals surface area contributed by atoms with Gasteiger partial charge in [-0.3, -0.25) is 4.79 Å². The van der Waals surface area contributed by atoms with Gasteiger partial charge in [0.25, 0.3) is 0 Å². The smallest absolute Gasteiger partial charge is 0.346 e. The van der Waals surface area contributed by atoms with E-state index in [1.807, 2.05) is 6.92 Å². The van der Waals surface area contributed by atoms with E-state index in [4.69, 9.17) is 0 Å². The number of rotatable bonds is 2. The highest BCUT2D eigenvalue weighted by Crippen LogP contribution is 2.30. The molecular weight excluding hydrogens is 307 g/mol. The van der Waals surface area contributed by atoms with Gasteiger partial charge in [0.15, 0.2) is 0 Å². The lowest BCUT2D eigenvalue weighted by Crippen LogP contribution is -2.28. The maximum Gasteiger partial charge on any atom is 0.416 e. The van der Waals surface area contributed by atoms with Crippen molar-refractivity contribution in [3.05, 3.63) is 47.0 Å². The van der Waals surface area contributed by atoms with E-state index in [1.165, 1.54) is 12.1 Å². The zero-order valence-corrected chi connectivity index (χ0v) is 12.5. The van der Waals surface area contributed by atoms with Crippen LogP contribution >= 0.6 is 0 Å². The van der Waals surface area contributed by atoms with Crippen LogP contribution in [-0.4, -0.2) is 15.9 Å². The van der Waals surface area contributed by atoms with Gasteiger partial charge in [0.05, 0.1) is 11.3 Å². The summed E-state index contributed by atoms with van der Waals surface area (Å²) < 4.78 is 37.6. The van der Waals surface area contributed by atoms with Crippen molar-refractivity contribution in [2.45, 2.75) is 32.4 Å². The number of imidazole rings is 1. The molecule has 7 heteroatoms. The van der Waals surface area contributed by atoms with Crippen molar-refractivity contribution < 1.29 is 18.0 Å². The van der Waals surface area contributed by atoms with Crippen LogP contribution in [0, 0.1) is 12.8 Å². The standard InChI is InChI=1S/C16H16F3N3O/c1-9-20-13-7-2-10(8-14(13)21-9)15(23)22-12-5-3-11(4-6-12)16(17,18)19/h3-6,10H,2,7-8H2,1H3,(H,20,21)(H,22,23). The van der Waals surface area contributed by atoms with E-state index in [0.29, 0.717) is 18.5 Å². The van der Waals surface area contributed by atoms with E-state index < -0.39 is 11.7 Å². The number of hydrogen-bond donors (Lipinski definition) is 2. The topological polar surface area (TPSA) is 57.8 Å². The fraction of sp³-hybridized carbons (Fsp3) is 0.375. The molecule has 2 N–H and O–H groups in total. The van der Waals surface area contributed by atoms with Crippen molar-refractivity contribution in [3.8, 4) is 0 Å². The molecule has 1 amide bonds. The highest BCUT2D eigenvalue weighted by Gasteiger charge is 2.30. The molecule has 0 saturated heterocycles. The zero-order valence-electron chi connectivity index (χ0n) is 12.5. The Kier molecular flexibility index (Phi) is 3.87. The Hall–Kier alpha value is -2.31. The molecule has 0 bridgehead atoms. The van der Waals surface area contributed by atoms with Crippen molar-refractivity contribution >= 4 is 11.6 Å². The van der Waals surface area contributed by atoms with Crippen LogP contribution in [0.25, 0.3) is 0 Å². The van der Waals surface area contributed by atoms with Gasteiger partial charge < -0.3 is 10.3 Å². The van der Waals surface area contributed by atoms with Crippen molar-refractivity contribution in [1.29, 1.82) is 0 Å². The number of anilines is 1. The van der Waals surface area contributed by atoms with Gasteiger partial charge >= 0.3 is 6.18 Å². The maximum absolute atomic E-state index is 12.5. The van der Waals surface area contributed by atoms with Crippen LogP contribution in [0.1, 0.15) is 29.2 Å². The van der Waals surface area contributed by atoms with E-state index in [-0.39, 0.29) is 11.8 Å². The van der Waals surface area contributed by atoms with Crippen LogP contribution in [0.3, 0.4) is 0 Å². The molecule has 1 atom stereocenters. The van der Waals surface area contributed by atoms with Crippen LogP contribution in [0.2, 0.25) is 0 Å². The molecule has 0 aliphatic heterocycles. The summed E-state index contributed by atoms with van der Waals surface area (Å²) in [7, 11) is 0. The second-order valence-corrected chi connectivity index (χ2v) is 5.75. The summed E-state index contributed by atoms with van der Waals surface area (Å²) in [5.74, 6) is 0.450. The minimum Gasteiger partial charge on any atom is -0.346 e. The van der Waals surface area contributed by atoms with E-state index in [9.17, 15) is 18.0 Å². The number of carbonyl (C=O) groups is 1. The monoisotopic (exact) mass is 323 g/mol. The third kappa shape index (κ3) is 3.38. The van der Waals surface area contributed by atoms with Gasteiger partial charge in [0.2, 0.25) is 5.91 Å². The van der Waals surface area contributed by atoms with Crippen molar-refractivity contribution in [3.63, 3.8) is 0 Å². The molecule has 1 aliphatic rings. The van der Waals surface area contributed by atoms with E-state index in [0.717, 1.165) is 35.8 Å². The van der Waals surface area contributed by atoms with Gasteiger partial charge in [-0.1, -0.05) is 0 Å². The second kappa shape index (κ2) is 5.72. The molecule has 1 heterocycles. The van der Waals surface area contributed by atoms with E-state index >= 15 is 0 Å². The maximum atomic E-state index is 12.5. The Balaban J connectivity index is 1.66. The first-order valence-corrected chi connectivity index (χ1v) is 7.35. The Morgan fingerprint density at radius 2 is 2.00 bits per heavy atom. The number of hydrogen-bond acceptors (Lipinski definition) is 2.